The first-order valence-electron chi connectivity index (χ1n) is 4.70. The number of rotatable bonds is 4. The second kappa shape index (κ2) is 5.78. The van der Waals surface area contributed by atoms with E-state index in [0.717, 1.165) is 4.47 Å². The number of carbonyl (C=O) groups excluding carboxylic acids is 1. The Labute approximate surface area is 102 Å². The summed E-state index contributed by atoms with van der Waals surface area (Å²) in [5, 5.41) is 0. The van der Waals surface area contributed by atoms with Gasteiger partial charge in [0, 0.05) is 17.3 Å². The van der Waals surface area contributed by atoms with E-state index in [1.165, 1.54) is 6.07 Å². The summed E-state index contributed by atoms with van der Waals surface area (Å²) < 4.78 is 14.0. The molecule has 0 radical (unpaired) electrons. The third-order valence-electron chi connectivity index (χ3n) is 2.12. The number of hydrogen-bond acceptors (Lipinski definition) is 2. The monoisotopic (exact) mass is 283 g/mol. The van der Waals surface area contributed by atoms with Gasteiger partial charge >= 0.3 is 0 Å². The van der Waals surface area contributed by atoms with Crippen molar-refractivity contribution in [3.63, 3.8) is 0 Å². The van der Waals surface area contributed by atoms with Crippen LogP contribution in [0.4, 0.5) is 4.39 Å². The third kappa shape index (κ3) is 3.44. The lowest BCUT2D eigenvalue weighted by Crippen LogP contribution is -2.31. The second-order valence-corrected chi connectivity index (χ2v) is 4.31. The lowest BCUT2D eigenvalue weighted by Gasteiger charge is -2.08. The molecule has 0 saturated carbocycles. The van der Waals surface area contributed by atoms with E-state index in [0.29, 0.717) is 5.56 Å². The molecule has 0 spiro atoms. The molecular weight excluding hydrogens is 273 g/mol. The van der Waals surface area contributed by atoms with Gasteiger partial charge in [0.15, 0.2) is 5.78 Å². The van der Waals surface area contributed by atoms with Crippen LogP contribution >= 0.6 is 15.9 Å². The minimum Gasteiger partial charge on any atom is -0.321 e. The topological polar surface area (TPSA) is 43.1 Å². The number of carbonyl (C=O) groups is 1. The van der Waals surface area contributed by atoms with Gasteiger partial charge in [-0.3, -0.25) is 4.79 Å². The highest BCUT2D eigenvalue weighted by atomic mass is 79.9. The van der Waals surface area contributed by atoms with Crippen molar-refractivity contribution < 1.29 is 9.18 Å². The predicted octanol–water partition coefficient (Wildman–Crippen LogP) is 2.05. The molecule has 2 nitrogen and oxygen atoms in total. The van der Waals surface area contributed by atoms with Crippen LogP contribution in [0.2, 0.25) is 0 Å². The molecule has 0 aromatic heterocycles. The Morgan fingerprint density at radius 1 is 1.62 bits per heavy atom. The highest BCUT2D eigenvalue weighted by Gasteiger charge is 2.15. The van der Waals surface area contributed by atoms with Gasteiger partial charge in [0.05, 0.1) is 6.04 Å². The van der Waals surface area contributed by atoms with Crippen molar-refractivity contribution in [1.29, 1.82) is 0 Å². The summed E-state index contributed by atoms with van der Waals surface area (Å²) in [6, 6.07) is 3.73. The summed E-state index contributed by atoms with van der Waals surface area (Å²) in [5.41, 5.74) is 5.86. The number of terminal acetylenes is 1. The maximum atomic E-state index is 13.3. The van der Waals surface area contributed by atoms with Crippen LogP contribution in [-0.4, -0.2) is 11.8 Å². The highest BCUT2D eigenvalue weighted by molar-refractivity contribution is 9.10. The Bertz CT molecular complexity index is 439. The van der Waals surface area contributed by atoms with Crippen LogP contribution in [-0.2, 0) is 11.2 Å². The molecule has 0 aliphatic carbocycles. The van der Waals surface area contributed by atoms with Gasteiger partial charge in [-0.25, -0.2) is 4.39 Å². The molecule has 1 rings (SSSR count). The number of nitrogens with two attached hydrogens (primary N) is 1. The van der Waals surface area contributed by atoms with E-state index in [1.54, 1.807) is 12.1 Å². The van der Waals surface area contributed by atoms with E-state index < -0.39 is 11.9 Å². The number of hydrogen-bond donors (Lipinski definition) is 1. The number of Topliss-reactive ketones (excluding diaryl/α,β-unsaturated/α-hetero) is 1. The number of ketones is 1. The maximum absolute atomic E-state index is 13.3. The minimum absolute atomic E-state index is 0.0336. The lowest BCUT2D eigenvalue weighted by molar-refractivity contribution is -0.119. The average Bonchev–Trinajstić information content (AvgIpc) is 2.23. The number of benzene rings is 1. The van der Waals surface area contributed by atoms with Gasteiger partial charge in [0.2, 0.25) is 0 Å². The minimum atomic E-state index is -0.719. The second-order valence-electron chi connectivity index (χ2n) is 3.39. The molecule has 0 bridgehead atoms. The van der Waals surface area contributed by atoms with Crippen LogP contribution in [0.25, 0.3) is 0 Å². The molecule has 0 saturated heterocycles. The molecule has 4 heteroatoms. The number of halogens is 2. The van der Waals surface area contributed by atoms with Gasteiger partial charge in [0.25, 0.3) is 0 Å². The van der Waals surface area contributed by atoms with Crippen molar-refractivity contribution in [2.75, 3.05) is 0 Å². The molecule has 0 aliphatic rings. The first-order chi connectivity index (χ1) is 7.54. The van der Waals surface area contributed by atoms with Crippen LogP contribution < -0.4 is 5.73 Å². The molecule has 0 amide bonds. The van der Waals surface area contributed by atoms with Crippen LogP contribution in [0.3, 0.4) is 0 Å². The summed E-state index contributed by atoms with van der Waals surface area (Å²) in [6.45, 7) is 0. The predicted molar refractivity (Wildman–Crippen MR) is 64.2 cm³/mol. The molecule has 2 N–H and O–H groups in total. The van der Waals surface area contributed by atoms with Crippen molar-refractivity contribution >= 4 is 21.7 Å². The van der Waals surface area contributed by atoms with Crippen LogP contribution in [0.5, 0.6) is 0 Å². The molecule has 84 valence electrons. The molecule has 1 aromatic rings. The Morgan fingerprint density at radius 2 is 2.31 bits per heavy atom. The molecule has 1 unspecified atom stereocenters. The SMILES string of the molecule is C#CCC(N)C(=O)Cc1cc(Br)ccc1F. The molecule has 0 heterocycles. The van der Waals surface area contributed by atoms with E-state index in [1.807, 2.05) is 0 Å². The van der Waals surface area contributed by atoms with Crippen LogP contribution in [0.15, 0.2) is 22.7 Å². The molecule has 0 aliphatic heterocycles. The Kier molecular flexibility index (Phi) is 4.66. The van der Waals surface area contributed by atoms with Crippen LogP contribution in [0, 0.1) is 18.2 Å². The Hall–Kier alpha value is -1.18. The van der Waals surface area contributed by atoms with Crippen LogP contribution in [0.1, 0.15) is 12.0 Å². The zero-order valence-electron chi connectivity index (χ0n) is 8.54. The van der Waals surface area contributed by atoms with E-state index in [4.69, 9.17) is 12.2 Å². The van der Waals surface area contributed by atoms with Gasteiger partial charge in [-0.05, 0) is 23.8 Å². The lowest BCUT2D eigenvalue weighted by atomic mass is 10.0. The van der Waals surface area contributed by atoms with Gasteiger partial charge in [-0.15, -0.1) is 12.3 Å². The van der Waals surface area contributed by atoms with Gasteiger partial charge < -0.3 is 5.73 Å². The Morgan fingerprint density at radius 3 is 2.94 bits per heavy atom. The van der Waals surface area contributed by atoms with E-state index in [9.17, 15) is 9.18 Å². The normalized spacial score (nSPS) is 11.9. The average molecular weight is 284 g/mol. The zero-order valence-corrected chi connectivity index (χ0v) is 10.1. The summed E-state index contributed by atoms with van der Waals surface area (Å²) in [6.07, 6.45) is 5.19. The van der Waals surface area contributed by atoms with Gasteiger partial charge in [-0.2, -0.15) is 0 Å². The fourth-order valence-electron chi connectivity index (χ4n) is 1.24. The van der Waals surface area contributed by atoms with Crippen molar-refractivity contribution in [2.45, 2.75) is 18.9 Å². The van der Waals surface area contributed by atoms with Crippen molar-refractivity contribution in [1.82, 2.24) is 0 Å². The quantitative estimate of drug-likeness (QED) is 0.860. The fourth-order valence-corrected chi connectivity index (χ4v) is 1.65. The van der Waals surface area contributed by atoms with Gasteiger partial charge in [-0.1, -0.05) is 15.9 Å². The third-order valence-corrected chi connectivity index (χ3v) is 2.62. The molecular formula is C12H11BrFNO. The summed E-state index contributed by atoms with van der Waals surface area (Å²) in [7, 11) is 0. The van der Waals surface area contributed by atoms with E-state index in [-0.39, 0.29) is 18.6 Å². The molecule has 16 heavy (non-hydrogen) atoms. The smallest absolute Gasteiger partial charge is 0.154 e. The van der Waals surface area contributed by atoms with Crippen molar-refractivity contribution in [3.8, 4) is 12.3 Å². The van der Waals surface area contributed by atoms with E-state index in [2.05, 4.69) is 21.9 Å². The summed E-state index contributed by atoms with van der Waals surface area (Å²) in [5.74, 6) is 1.64. The highest BCUT2D eigenvalue weighted by Crippen LogP contribution is 2.16. The molecule has 0 fully saturated rings. The fraction of sp³-hybridized carbons (Fsp3) is 0.250. The molecule has 1 atom stereocenters. The molecule has 1 aromatic carbocycles. The van der Waals surface area contributed by atoms with Crippen molar-refractivity contribution in [2.24, 2.45) is 5.73 Å². The summed E-state index contributed by atoms with van der Waals surface area (Å²) >= 11 is 3.21. The standard InChI is InChI=1S/C12H11BrFNO/c1-2-3-11(15)12(16)7-8-6-9(13)4-5-10(8)14/h1,4-6,11H,3,7,15H2. The van der Waals surface area contributed by atoms with Crippen molar-refractivity contribution in [3.05, 3.63) is 34.1 Å². The first kappa shape index (κ1) is 12.9. The van der Waals surface area contributed by atoms with Gasteiger partial charge in [0.1, 0.15) is 5.82 Å². The zero-order chi connectivity index (χ0) is 12.1. The Balaban J connectivity index is 2.77. The van der Waals surface area contributed by atoms with E-state index >= 15 is 0 Å². The largest absolute Gasteiger partial charge is 0.321 e. The first-order valence-corrected chi connectivity index (χ1v) is 5.49. The summed E-state index contributed by atoms with van der Waals surface area (Å²) in [4.78, 5) is 11.6. The maximum Gasteiger partial charge on any atom is 0.154 e.